The average Bonchev–Trinajstić information content (AvgIpc) is 1.88. The fourth-order valence-electron chi connectivity index (χ4n) is 12.8. The van der Waals surface area contributed by atoms with Gasteiger partial charge in [0.05, 0.1) is 40.5 Å². The summed E-state index contributed by atoms with van der Waals surface area (Å²) in [5.74, 6) is 0.618. The third-order valence-corrected chi connectivity index (χ3v) is 18.8. The van der Waals surface area contributed by atoms with Crippen molar-refractivity contribution in [1.82, 2.24) is 15.1 Å². The van der Waals surface area contributed by atoms with E-state index in [1.54, 1.807) is 60.7 Å². The number of carbonyl (C=O) groups is 5. The number of carboxylic acids is 1. The van der Waals surface area contributed by atoms with Gasteiger partial charge in [-0.3, -0.25) is 9.59 Å². The number of carboxylic acid groups (broad SMARTS) is 1. The highest BCUT2D eigenvalue weighted by Crippen LogP contribution is 2.51. The Morgan fingerprint density at radius 3 is 1.24 bits per heavy atom. The van der Waals surface area contributed by atoms with E-state index in [0.29, 0.717) is 72.0 Å². The van der Waals surface area contributed by atoms with Crippen molar-refractivity contribution in [2.75, 3.05) is 32.8 Å². The lowest BCUT2D eigenvalue weighted by atomic mass is 9.65. The van der Waals surface area contributed by atoms with E-state index in [4.69, 9.17) is 36.1 Å². The monoisotopic (exact) mass is 1220 g/mol. The molecule has 12 rings (SSSR count). The van der Waals surface area contributed by atoms with E-state index in [2.05, 4.69) is 85.2 Å². The first-order valence-electron chi connectivity index (χ1n) is 31.7. The van der Waals surface area contributed by atoms with Gasteiger partial charge in [-0.15, -0.1) is 0 Å². The molecule has 0 saturated heterocycles. The Bertz CT molecular complexity index is 3600. The number of ketones is 2. The molecule has 0 aromatic heterocycles. The largest absolute Gasteiger partial charge is 0.478 e. The van der Waals surface area contributed by atoms with Crippen LogP contribution in [0.4, 0.5) is 9.59 Å². The molecule has 6 fully saturated rings. The summed E-state index contributed by atoms with van der Waals surface area (Å²) in [6.07, 6.45) is 16.2. The molecule has 0 bridgehead atoms. The van der Waals surface area contributed by atoms with E-state index in [9.17, 15) is 24.0 Å². The fraction of sp³-hybridized carbons (Fsp3) is 0.368. The van der Waals surface area contributed by atoms with E-state index in [1.807, 2.05) is 52.3 Å². The minimum absolute atomic E-state index is 0.0593. The van der Waals surface area contributed by atoms with E-state index in [0.717, 1.165) is 76.3 Å². The highest BCUT2D eigenvalue weighted by atomic mass is 16.6. The van der Waals surface area contributed by atoms with Crippen LogP contribution in [-0.2, 0) is 9.47 Å². The lowest BCUT2D eigenvalue weighted by Crippen LogP contribution is -2.56. The van der Waals surface area contributed by atoms with Crippen molar-refractivity contribution in [3.05, 3.63) is 239 Å². The molecule has 0 heterocycles. The summed E-state index contributed by atoms with van der Waals surface area (Å²) in [6, 6.07) is 57.8. The highest BCUT2D eigenvalue weighted by Gasteiger charge is 2.51. The topological polar surface area (TPSA) is 240 Å². The van der Waals surface area contributed by atoms with Crippen LogP contribution in [0.3, 0.4) is 0 Å². The first-order valence-corrected chi connectivity index (χ1v) is 31.7. The molecule has 4 N–H and O–H groups in total. The van der Waals surface area contributed by atoms with Gasteiger partial charge in [-0.05, 0) is 140 Å². The van der Waals surface area contributed by atoms with Crippen LogP contribution in [0.5, 0.6) is 0 Å². The van der Waals surface area contributed by atoms with Crippen molar-refractivity contribution in [3.8, 4) is 18.2 Å². The second kappa shape index (κ2) is 30.8. The fourth-order valence-corrected chi connectivity index (χ4v) is 12.8. The molecule has 6 aromatic carbocycles. The van der Waals surface area contributed by atoms with Gasteiger partial charge >= 0.3 is 18.2 Å². The lowest BCUT2D eigenvalue weighted by Gasteiger charge is -2.44. The maximum absolute atomic E-state index is 13.0. The van der Waals surface area contributed by atoms with Crippen LogP contribution in [0, 0.1) is 44.8 Å². The zero-order valence-electron chi connectivity index (χ0n) is 51.7. The maximum atomic E-state index is 13.0. The highest BCUT2D eigenvalue weighted by molar-refractivity contribution is 5.97. The van der Waals surface area contributed by atoms with Crippen molar-refractivity contribution in [1.29, 1.82) is 15.8 Å². The van der Waals surface area contributed by atoms with Crippen LogP contribution in [0.2, 0.25) is 0 Å². The summed E-state index contributed by atoms with van der Waals surface area (Å²) in [7, 11) is 0. The van der Waals surface area contributed by atoms with E-state index in [1.165, 1.54) is 53.8 Å². The third kappa shape index (κ3) is 17.9. The molecule has 91 heavy (non-hydrogen) atoms. The first-order chi connectivity index (χ1) is 44.1. The van der Waals surface area contributed by atoms with Gasteiger partial charge in [-0.2, -0.15) is 15.8 Å². The maximum Gasteiger partial charge on any atom is 0.410 e. The van der Waals surface area contributed by atoms with Gasteiger partial charge in [0.15, 0.2) is 11.6 Å². The van der Waals surface area contributed by atoms with Gasteiger partial charge in [-0.25, -0.2) is 14.4 Å². The molecule has 3 unspecified atom stereocenters. The lowest BCUT2D eigenvalue weighted by molar-refractivity contribution is 0.0385. The number of aromatic carboxylic acids is 1. The quantitative estimate of drug-likeness (QED) is 0.0400. The molecule has 6 aliphatic carbocycles. The van der Waals surface area contributed by atoms with Crippen molar-refractivity contribution in [2.45, 2.75) is 131 Å². The second-order valence-corrected chi connectivity index (χ2v) is 25.4. The van der Waals surface area contributed by atoms with Gasteiger partial charge < -0.3 is 35.4 Å². The second-order valence-electron chi connectivity index (χ2n) is 25.4. The number of nitriles is 3. The SMILES string of the molecule is C=CCOC(=O)N(CC1(CC(=O)c2ccc(C#N)cc2)CCC1)[C@H]1CC1c1ccccc1.C=CCOC(=O)N(CC1(N)CCC1)[C@H]1CC1c1ccccc1.N#Cc1ccc(C(=O)CC2(CN[C@H]3CC3c3ccccc3)CCC2)cc1.N#Cc1ccc(C(=O)O)cc1. The molecule has 15 nitrogen and oxygen atoms in total. The normalized spacial score (nSPS) is 20.8. The van der Waals surface area contributed by atoms with Gasteiger partial charge in [-0.1, -0.05) is 153 Å². The van der Waals surface area contributed by atoms with Crippen LogP contribution in [0.25, 0.3) is 0 Å². The van der Waals surface area contributed by atoms with Gasteiger partial charge in [0.25, 0.3) is 0 Å². The van der Waals surface area contributed by atoms with Crippen LogP contribution in [-0.4, -0.2) is 101 Å². The number of ether oxygens (including phenoxy) is 2. The number of Topliss-reactive ketones (excluding diaryl/α,β-unsaturated/α-hetero) is 2. The molecular weight excluding hydrogens is 1140 g/mol. The third-order valence-electron chi connectivity index (χ3n) is 18.8. The standard InChI is InChI=1S/C27H28N2O3.C23H24N2O.C18H24N2O2.C8H5NO2/c1-2-15-32-26(31)29(24-16-23(24)21-7-4-3-5-8-21)19-27(13-6-14-27)17-25(30)22-11-9-20(18-28)10-12-22;24-15-17-7-9-19(10-8-17)22(26)14-23(11-4-12-23)16-25-21-13-20(21)18-5-2-1-3-6-18;1-2-11-22-17(21)20(13-18(19)9-6-10-18)16-12-15(16)14-7-4-3-5-8-14;9-5-6-1-3-7(4-2-6)8(10)11/h2-5,7-12,23-24H,1,6,13-17,19H2;1-3,5-10,20-21,25H,4,11-14,16H2;2-5,7-8,15-16H,1,6,9-13,19H2;1-4H,(H,10,11)/t23?,24-;20?,21-;15?,16-;/m000./s1. The van der Waals surface area contributed by atoms with Crippen LogP contribution in [0.15, 0.2) is 189 Å². The van der Waals surface area contributed by atoms with Crippen LogP contribution in [0.1, 0.15) is 172 Å². The van der Waals surface area contributed by atoms with E-state index >= 15 is 0 Å². The van der Waals surface area contributed by atoms with Crippen molar-refractivity contribution in [3.63, 3.8) is 0 Å². The summed E-state index contributed by atoms with van der Waals surface area (Å²) in [6.45, 7) is 9.71. The van der Waals surface area contributed by atoms with Crippen LogP contribution < -0.4 is 11.1 Å². The molecule has 0 radical (unpaired) electrons. The molecular formula is C76H81N7O8. The number of amides is 2. The molecule has 6 aliphatic rings. The molecule has 468 valence electrons. The van der Waals surface area contributed by atoms with E-state index in [-0.39, 0.29) is 71.0 Å². The molecule has 6 aromatic rings. The van der Waals surface area contributed by atoms with Crippen molar-refractivity contribution >= 4 is 29.7 Å². The minimum atomic E-state index is -0.977. The number of carbonyl (C=O) groups excluding carboxylic acids is 4. The zero-order valence-corrected chi connectivity index (χ0v) is 51.7. The summed E-state index contributed by atoms with van der Waals surface area (Å²) in [5, 5.41) is 38.4. The molecule has 2 amide bonds. The minimum Gasteiger partial charge on any atom is -0.478 e. The van der Waals surface area contributed by atoms with Crippen molar-refractivity contribution < 1.29 is 38.6 Å². The van der Waals surface area contributed by atoms with Crippen molar-refractivity contribution in [2.24, 2.45) is 16.6 Å². The van der Waals surface area contributed by atoms with Gasteiger partial charge in [0.2, 0.25) is 0 Å². The smallest absolute Gasteiger partial charge is 0.410 e. The Kier molecular flexibility index (Phi) is 22.4. The zero-order chi connectivity index (χ0) is 64.4. The molecule has 0 aliphatic heterocycles. The number of hydrogen-bond donors (Lipinski definition) is 3. The predicted octanol–water partition coefficient (Wildman–Crippen LogP) is 14.2. The number of nitrogens with two attached hydrogens (primary N) is 1. The Morgan fingerprint density at radius 2 is 0.890 bits per heavy atom. The molecule has 15 heteroatoms. The number of nitrogens with zero attached hydrogens (tertiary/aromatic N) is 5. The Balaban J connectivity index is 0.000000151. The Morgan fingerprint density at radius 1 is 0.516 bits per heavy atom. The number of hydrogen-bond acceptors (Lipinski definition) is 12. The van der Waals surface area contributed by atoms with Gasteiger partial charge in [0, 0.05) is 85.0 Å². The number of nitrogens with one attached hydrogen (secondary N) is 1. The summed E-state index contributed by atoms with van der Waals surface area (Å²) >= 11 is 0. The Labute approximate surface area is 534 Å². The summed E-state index contributed by atoms with van der Waals surface area (Å²) in [5.41, 5.74) is 13.1. The van der Waals surface area contributed by atoms with Crippen LogP contribution >= 0.6 is 0 Å². The number of rotatable bonds is 23. The van der Waals surface area contributed by atoms with Gasteiger partial charge in [0.1, 0.15) is 13.2 Å². The predicted molar refractivity (Wildman–Crippen MR) is 349 cm³/mol. The summed E-state index contributed by atoms with van der Waals surface area (Å²) in [4.78, 5) is 65.0. The average molecular weight is 1220 g/mol. The molecule has 6 saturated carbocycles. The molecule has 0 spiro atoms. The number of benzene rings is 6. The Hall–Kier alpha value is -9.46. The summed E-state index contributed by atoms with van der Waals surface area (Å²) < 4.78 is 10.7. The first kappa shape index (κ1) is 66.0. The molecule has 6 atom stereocenters. The van der Waals surface area contributed by atoms with E-state index < -0.39 is 5.97 Å².